The van der Waals surface area contributed by atoms with Crippen molar-refractivity contribution in [1.29, 1.82) is 0 Å². The number of carbonyl (C=O) groups is 1. The fourth-order valence-corrected chi connectivity index (χ4v) is 5.46. The van der Waals surface area contributed by atoms with E-state index in [1.54, 1.807) is 32.9 Å². The van der Waals surface area contributed by atoms with Crippen molar-refractivity contribution in [3.63, 3.8) is 0 Å². The lowest BCUT2D eigenvalue weighted by atomic mass is 10.0. The van der Waals surface area contributed by atoms with Crippen molar-refractivity contribution in [1.82, 2.24) is 9.55 Å². The van der Waals surface area contributed by atoms with Crippen LogP contribution in [0.3, 0.4) is 0 Å². The lowest BCUT2D eigenvalue weighted by Crippen LogP contribution is -2.30. The van der Waals surface area contributed by atoms with Crippen LogP contribution in [0.2, 0.25) is 0 Å². The zero-order chi connectivity index (χ0) is 28.4. The second-order valence-corrected chi connectivity index (χ2v) is 12.3. The lowest BCUT2D eigenvalue weighted by Gasteiger charge is -2.27. The Labute approximate surface area is 227 Å². The number of nitrogens with zero attached hydrogens (tertiary/aromatic N) is 2. The lowest BCUT2D eigenvalue weighted by molar-refractivity contribution is -0.117. The second-order valence-electron chi connectivity index (χ2n) is 10.0. The van der Waals surface area contributed by atoms with Gasteiger partial charge in [-0.3, -0.25) is 4.79 Å². The molecule has 0 unspecified atom stereocenters. The summed E-state index contributed by atoms with van der Waals surface area (Å²) in [4.78, 5) is 17.9. The van der Waals surface area contributed by atoms with Crippen LogP contribution in [0.4, 0.5) is 8.78 Å². The number of Topliss-reactive ketones (excluding diaryl/α,β-unsaturated/α-hetero) is 1. The van der Waals surface area contributed by atoms with Crippen LogP contribution in [0.5, 0.6) is 5.75 Å². The molecule has 0 saturated carbocycles. The molecule has 0 saturated heterocycles. The van der Waals surface area contributed by atoms with Crippen LogP contribution in [0.15, 0.2) is 65.6 Å². The molecule has 9 heteroatoms. The van der Waals surface area contributed by atoms with Gasteiger partial charge in [0.2, 0.25) is 0 Å². The van der Waals surface area contributed by atoms with Gasteiger partial charge in [-0.05, 0) is 67.8 Å². The molecule has 3 aromatic carbocycles. The summed E-state index contributed by atoms with van der Waals surface area (Å²) in [5.74, 6) is -0.931. The molecular formula is C30H32F2N2O4S. The highest BCUT2D eigenvalue weighted by Gasteiger charge is 2.31. The molecule has 0 aliphatic rings. The number of aryl methyl sites for hydroxylation is 1. The number of sulfone groups is 1. The Bertz CT molecular complexity index is 1610. The van der Waals surface area contributed by atoms with E-state index in [2.05, 4.69) is 0 Å². The van der Waals surface area contributed by atoms with Gasteiger partial charge in [0.1, 0.15) is 11.6 Å². The van der Waals surface area contributed by atoms with Gasteiger partial charge < -0.3 is 9.30 Å². The average Bonchev–Trinajstić information content (AvgIpc) is 3.25. The maximum atomic E-state index is 14.3. The summed E-state index contributed by atoms with van der Waals surface area (Å²) in [5, 5.41) is 0. The molecule has 1 heterocycles. The normalized spacial score (nSPS) is 12.2. The summed E-state index contributed by atoms with van der Waals surface area (Å²) in [6.07, 6.45) is 1.21. The minimum atomic E-state index is -3.29. The predicted octanol–water partition coefficient (Wildman–Crippen LogP) is 6.19. The third-order valence-electron chi connectivity index (χ3n) is 6.52. The van der Waals surface area contributed by atoms with Gasteiger partial charge in [-0.1, -0.05) is 32.0 Å². The van der Waals surface area contributed by atoms with E-state index in [1.807, 2.05) is 29.7 Å². The number of hydrogen-bond donors (Lipinski definition) is 0. The van der Waals surface area contributed by atoms with E-state index in [-0.39, 0.29) is 35.0 Å². The Kier molecular flexibility index (Phi) is 8.20. The summed E-state index contributed by atoms with van der Waals surface area (Å²) in [7, 11) is -3.29. The number of fused-ring (bicyclic) bond motifs is 1. The fraction of sp³-hybridized carbons (Fsp3) is 0.333. The highest BCUT2D eigenvalue weighted by atomic mass is 32.2. The minimum Gasteiger partial charge on any atom is -0.477 e. The van der Waals surface area contributed by atoms with Crippen LogP contribution in [0.1, 0.15) is 51.1 Å². The van der Waals surface area contributed by atoms with Gasteiger partial charge in [-0.15, -0.1) is 0 Å². The molecule has 0 atom stereocenters. The van der Waals surface area contributed by atoms with E-state index in [9.17, 15) is 22.0 Å². The van der Waals surface area contributed by atoms with Crippen molar-refractivity contribution in [2.45, 2.75) is 64.0 Å². The summed E-state index contributed by atoms with van der Waals surface area (Å²) < 4.78 is 59.7. The Morgan fingerprint density at radius 3 is 2.26 bits per heavy atom. The molecule has 0 bridgehead atoms. The molecule has 0 aliphatic carbocycles. The zero-order valence-electron chi connectivity index (χ0n) is 22.5. The van der Waals surface area contributed by atoms with Crippen LogP contribution in [-0.2, 0) is 39.6 Å². The first kappa shape index (κ1) is 28.4. The van der Waals surface area contributed by atoms with Crippen LogP contribution in [0.25, 0.3) is 11.0 Å². The molecule has 0 amide bonds. The Hall–Kier alpha value is -3.59. The number of halogens is 2. The molecule has 1 aromatic heterocycles. The summed E-state index contributed by atoms with van der Waals surface area (Å²) in [6.45, 7) is 7.86. The molecule has 4 aromatic rings. The molecule has 4 rings (SSSR count). The third-order valence-corrected chi connectivity index (χ3v) is 8.27. The van der Waals surface area contributed by atoms with Crippen molar-refractivity contribution in [3.05, 3.63) is 89.2 Å². The molecule has 0 radical (unpaired) electrons. The molecule has 0 N–H and O–H groups in total. The van der Waals surface area contributed by atoms with E-state index < -0.39 is 27.1 Å². The highest BCUT2D eigenvalue weighted by Crippen LogP contribution is 2.32. The smallest absolute Gasteiger partial charge is 0.178 e. The molecule has 206 valence electrons. The maximum absolute atomic E-state index is 14.3. The Morgan fingerprint density at radius 1 is 0.949 bits per heavy atom. The van der Waals surface area contributed by atoms with Crippen LogP contribution < -0.4 is 4.74 Å². The zero-order valence-corrected chi connectivity index (χ0v) is 23.3. The molecule has 0 aliphatic heterocycles. The van der Waals surface area contributed by atoms with Gasteiger partial charge in [-0.25, -0.2) is 22.2 Å². The summed E-state index contributed by atoms with van der Waals surface area (Å²) in [6, 6.07) is 15.3. The molecular weight excluding hydrogens is 522 g/mol. The molecule has 0 fully saturated rings. The first-order valence-corrected chi connectivity index (χ1v) is 14.6. The average molecular weight is 555 g/mol. The largest absolute Gasteiger partial charge is 0.477 e. The predicted molar refractivity (Wildman–Crippen MR) is 147 cm³/mol. The molecule has 39 heavy (non-hydrogen) atoms. The number of rotatable bonds is 11. The van der Waals surface area contributed by atoms with E-state index in [0.717, 1.165) is 35.2 Å². The van der Waals surface area contributed by atoms with Crippen molar-refractivity contribution in [2.75, 3.05) is 5.75 Å². The monoisotopic (exact) mass is 554 g/mol. The maximum Gasteiger partial charge on any atom is 0.178 e. The summed E-state index contributed by atoms with van der Waals surface area (Å²) in [5.41, 5.74) is 2.08. The van der Waals surface area contributed by atoms with Gasteiger partial charge in [0, 0.05) is 25.5 Å². The number of imidazole rings is 1. The van der Waals surface area contributed by atoms with Gasteiger partial charge in [0.25, 0.3) is 0 Å². The van der Waals surface area contributed by atoms with Crippen molar-refractivity contribution < 1.29 is 26.7 Å². The van der Waals surface area contributed by atoms with Gasteiger partial charge in [-0.2, -0.15) is 0 Å². The number of ketones is 1. The number of ether oxygens (including phenoxy) is 1. The topological polar surface area (TPSA) is 78.3 Å². The van der Waals surface area contributed by atoms with Crippen molar-refractivity contribution in [2.24, 2.45) is 0 Å². The SMILES string of the molecule is CCCn1c(C(C)(C)Oc2ccc(F)cc2F)nc2cc(CC(=O)Cc3ccc(S(=O)(=O)CC)cc3)ccc21. The van der Waals surface area contributed by atoms with Crippen molar-refractivity contribution >= 4 is 26.7 Å². The first-order chi connectivity index (χ1) is 18.4. The van der Waals surface area contributed by atoms with Crippen molar-refractivity contribution in [3.8, 4) is 5.75 Å². The van der Waals surface area contributed by atoms with E-state index >= 15 is 0 Å². The number of carbonyl (C=O) groups excluding carboxylic acids is 1. The fourth-order valence-electron chi connectivity index (χ4n) is 4.57. The van der Waals surface area contributed by atoms with Gasteiger partial charge in [0.05, 0.1) is 21.7 Å². The van der Waals surface area contributed by atoms with E-state index in [0.29, 0.717) is 17.9 Å². The number of benzene rings is 3. The van der Waals surface area contributed by atoms with Crippen LogP contribution in [0, 0.1) is 11.6 Å². The number of hydrogen-bond acceptors (Lipinski definition) is 5. The van der Waals surface area contributed by atoms with E-state index in [1.165, 1.54) is 18.2 Å². The summed E-state index contributed by atoms with van der Waals surface area (Å²) >= 11 is 0. The number of aromatic nitrogens is 2. The molecule has 0 spiro atoms. The van der Waals surface area contributed by atoms with E-state index in [4.69, 9.17) is 9.72 Å². The van der Waals surface area contributed by atoms with Crippen LogP contribution >= 0.6 is 0 Å². The highest BCUT2D eigenvalue weighted by molar-refractivity contribution is 7.91. The Morgan fingerprint density at radius 2 is 1.62 bits per heavy atom. The van der Waals surface area contributed by atoms with Crippen LogP contribution in [-0.4, -0.2) is 29.5 Å². The minimum absolute atomic E-state index is 0.0101. The van der Waals surface area contributed by atoms with Gasteiger partial charge >= 0.3 is 0 Å². The standard InChI is InChI=1S/C30H32F2N2O4S/c1-5-15-34-27-13-9-21(17-23(35)16-20-7-11-24(12-8-20)39(36,37)6-2)18-26(27)33-29(34)30(3,4)38-28-14-10-22(31)19-25(28)32/h7-14,18-19H,5-6,15-17H2,1-4H3. The second kappa shape index (κ2) is 11.3. The van der Waals surface area contributed by atoms with Gasteiger partial charge in [0.15, 0.2) is 32.8 Å². The molecule has 6 nitrogen and oxygen atoms in total. The third kappa shape index (κ3) is 6.36. The Balaban J connectivity index is 1.56. The quantitative estimate of drug-likeness (QED) is 0.221. The first-order valence-electron chi connectivity index (χ1n) is 12.9.